The average molecular weight is 544 g/mol. The van der Waals surface area contributed by atoms with Crippen molar-refractivity contribution in [2.24, 2.45) is 10.8 Å². The van der Waals surface area contributed by atoms with Crippen LogP contribution in [-0.2, 0) is 0 Å². The van der Waals surface area contributed by atoms with Gasteiger partial charge in [0.25, 0.3) is 0 Å². The third-order valence-corrected chi connectivity index (χ3v) is 9.10. The van der Waals surface area contributed by atoms with Gasteiger partial charge in [-0.05, 0) is 0 Å². The molecule has 2 N–H and O–H groups in total. The SMILES string of the molecule is C=C(CC(=C)NN(C)C(=[Te])C1(C)CC1)NN(C)C(=[Te])C1(C)CC1. The summed E-state index contributed by atoms with van der Waals surface area (Å²) >= 11 is 4.23. The van der Waals surface area contributed by atoms with Crippen LogP contribution in [0.1, 0.15) is 46.0 Å². The Hall–Kier alpha value is -0.000779. The zero-order chi connectivity index (χ0) is 17.4. The van der Waals surface area contributed by atoms with E-state index in [0.717, 1.165) is 11.4 Å². The van der Waals surface area contributed by atoms with Gasteiger partial charge in [-0.1, -0.05) is 0 Å². The second-order valence-electron chi connectivity index (χ2n) is 7.46. The molecular formula is C17H28N4Te2. The van der Waals surface area contributed by atoms with E-state index in [-0.39, 0.29) is 0 Å². The van der Waals surface area contributed by atoms with Crippen LogP contribution in [0.3, 0.4) is 0 Å². The Balaban J connectivity index is 1.75. The van der Waals surface area contributed by atoms with Crippen molar-refractivity contribution in [3.8, 4) is 0 Å². The molecule has 6 heteroatoms. The van der Waals surface area contributed by atoms with E-state index in [1.54, 1.807) is 0 Å². The molecule has 4 nitrogen and oxygen atoms in total. The van der Waals surface area contributed by atoms with Crippen LogP contribution in [0.25, 0.3) is 0 Å². The molecule has 0 amide bonds. The van der Waals surface area contributed by atoms with Gasteiger partial charge in [0.05, 0.1) is 0 Å². The number of nitrogens with zero attached hydrogens (tertiary/aromatic N) is 2. The zero-order valence-corrected chi connectivity index (χ0v) is 19.3. The van der Waals surface area contributed by atoms with E-state index >= 15 is 0 Å². The van der Waals surface area contributed by atoms with Gasteiger partial charge in [-0.2, -0.15) is 0 Å². The summed E-state index contributed by atoms with van der Waals surface area (Å²) < 4.78 is 2.77. The molecule has 0 radical (unpaired) electrons. The fourth-order valence-electron chi connectivity index (χ4n) is 2.53. The molecule has 0 aliphatic heterocycles. The van der Waals surface area contributed by atoms with E-state index in [4.69, 9.17) is 0 Å². The van der Waals surface area contributed by atoms with E-state index in [1.165, 1.54) is 33.0 Å². The first-order chi connectivity index (χ1) is 10.6. The quantitative estimate of drug-likeness (QED) is 0.323. The predicted octanol–water partition coefficient (Wildman–Crippen LogP) is 1.47. The molecule has 0 unspecified atom stereocenters. The molecule has 0 aromatic carbocycles. The fourth-order valence-corrected chi connectivity index (χ4v) is 3.95. The van der Waals surface area contributed by atoms with Crippen molar-refractivity contribution in [1.82, 2.24) is 20.9 Å². The van der Waals surface area contributed by atoms with Crippen molar-refractivity contribution in [2.45, 2.75) is 46.0 Å². The van der Waals surface area contributed by atoms with Crippen LogP contribution in [0, 0.1) is 10.8 Å². The van der Waals surface area contributed by atoms with Crippen molar-refractivity contribution < 1.29 is 0 Å². The van der Waals surface area contributed by atoms with Gasteiger partial charge < -0.3 is 0 Å². The van der Waals surface area contributed by atoms with Gasteiger partial charge >= 0.3 is 167 Å². The Kier molecular flexibility index (Phi) is 5.95. The van der Waals surface area contributed by atoms with Gasteiger partial charge in [-0.3, -0.25) is 0 Å². The molecule has 2 fully saturated rings. The summed E-state index contributed by atoms with van der Waals surface area (Å²) in [5, 5.41) is 4.22. The normalized spacial score (nSPS) is 19.3. The molecule has 0 atom stereocenters. The Morgan fingerprint density at radius 2 is 1.17 bits per heavy atom. The molecule has 0 heterocycles. The van der Waals surface area contributed by atoms with Gasteiger partial charge in [0.15, 0.2) is 0 Å². The molecule has 0 spiro atoms. The van der Waals surface area contributed by atoms with Crippen molar-refractivity contribution in [2.75, 3.05) is 14.1 Å². The maximum atomic E-state index is 4.14. The van der Waals surface area contributed by atoms with Crippen LogP contribution in [0.2, 0.25) is 0 Å². The van der Waals surface area contributed by atoms with Crippen molar-refractivity contribution in [1.29, 1.82) is 0 Å². The topological polar surface area (TPSA) is 30.5 Å². The first kappa shape index (κ1) is 19.3. The first-order valence-corrected chi connectivity index (χ1v) is 10.4. The van der Waals surface area contributed by atoms with E-state index < -0.39 is 0 Å². The summed E-state index contributed by atoms with van der Waals surface area (Å²) in [6.45, 7) is 12.9. The Morgan fingerprint density at radius 3 is 1.43 bits per heavy atom. The monoisotopic (exact) mass is 548 g/mol. The van der Waals surface area contributed by atoms with Crippen LogP contribution in [0.5, 0.6) is 0 Å². The summed E-state index contributed by atoms with van der Waals surface area (Å²) in [5.41, 5.74) is 9.44. The molecule has 2 saturated carbocycles. The van der Waals surface area contributed by atoms with Crippen molar-refractivity contribution in [3.63, 3.8) is 0 Å². The molecule has 0 bridgehead atoms. The molecule has 2 aliphatic carbocycles. The number of hydrogen-bond donors (Lipinski definition) is 2. The molecule has 128 valence electrons. The van der Waals surface area contributed by atoms with E-state index in [2.05, 4.69) is 106 Å². The van der Waals surface area contributed by atoms with Crippen LogP contribution < -0.4 is 10.9 Å². The average Bonchev–Trinajstić information content (AvgIpc) is 3.37. The molecule has 0 aromatic rings. The van der Waals surface area contributed by atoms with Gasteiger partial charge in [0, 0.05) is 0 Å². The Morgan fingerprint density at radius 1 is 0.870 bits per heavy atom. The predicted molar refractivity (Wildman–Crippen MR) is 101 cm³/mol. The first-order valence-electron chi connectivity index (χ1n) is 8.03. The van der Waals surface area contributed by atoms with E-state index in [0.29, 0.717) is 17.3 Å². The molecular weight excluding hydrogens is 515 g/mol. The zero-order valence-electron chi connectivity index (χ0n) is 14.7. The molecule has 23 heavy (non-hydrogen) atoms. The second-order valence-corrected chi connectivity index (χ2v) is 9.66. The number of hydrazine groups is 2. The van der Waals surface area contributed by atoms with Crippen molar-refractivity contribution in [3.05, 3.63) is 24.6 Å². The molecule has 2 aliphatic rings. The van der Waals surface area contributed by atoms with Gasteiger partial charge in [0.1, 0.15) is 0 Å². The van der Waals surface area contributed by atoms with Crippen molar-refractivity contribution >= 4 is 51.0 Å². The second kappa shape index (κ2) is 7.09. The summed E-state index contributed by atoms with van der Waals surface area (Å²) in [6.07, 6.45) is 5.85. The maximum absolute atomic E-state index is 4.14. The molecule has 0 saturated heterocycles. The third kappa shape index (κ3) is 4.99. The van der Waals surface area contributed by atoms with Crippen LogP contribution >= 0.6 is 0 Å². The summed E-state index contributed by atoms with van der Waals surface area (Å²) in [5.74, 6) is 0. The van der Waals surface area contributed by atoms with Gasteiger partial charge in [-0.15, -0.1) is 0 Å². The van der Waals surface area contributed by atoms with Crippen LogP contribution in [0.15, 0.2) is 24.6 Å². The molecule has 2 rings (SSSR count). The fraction of sp³-hybridized carbons (Fsp3) is 0.647. The Bertz CT molecular complexity index is 499. The van der Waals surface area contributed by atoms with Gasteiger partial charge in [0.2, 0.25) is 0 Å². The number of hydrogen-bond acceptors (Lipinski definition) is 4. The number of rotatable bonds is 10. The van der Waals surface area contributed by atoms with Gasteiger partial charge in [-0.25, -0.2) is 0 Å². The molecule has 0 aromatic heterocycles. The minimum atomic E-state index is 0.383. The standard InChI is InChI=1S/C17H28N4Te2/c1-12(18-20(5)14(22)16(3)7-8-16)11-13(2)19-21(6)15(23)17(4)9-10-17/h18-19H,1-2,7-11H2,3-6H3. The third-order valence-electron chi connectivity index (χ3n) is 4.72. The number of nitrogens with one attached hydrogen (secondary N) is 2. The van der Waals surface area contributed by atoms with Crippen LogP contribution in [0.4, 0.5) is 0 Å². The minimum absolute atomic E-state index is 0.383. The van der Waals surface area contributed by atoms with E-state index in [9.17, 15) is 0 Å². The van der Waals surface area contributed by atoms with E-state index in [1.807, 2.05) is 0 Å². The summed E-state index contributed by atoms with van der Waals surface area (Å²) in [7, 11) is 4.14. The van der Waals surface area contributed by atoms with Crippen LogP contribution in [-0.4, -0.2) is 75.1 Å². The summed E-state index contributed by atoms with van der Waals surface area (Å²) in [4.78, 5) is 0. The summed E-state index contributed by atoms with van der Waals surface area (Å²) in [6, 6.07) is 0. The Labute approximate surface area is 166 Å².